The van der Waals surface area contributed by atoms with Gasteiger partial charge in [-0.05, 0) is 78.4 Å². The third-order valence-corrected chi connectivity index (χ3v) is 5.73. The number of fused-ring (bicyclic) bond motifs is 1. The van der Waals surface area contributed by atoms with E-state index in [4.69, 9.17) is 9.47 Å². The summed E-state index contributed by atoms with van der Waals surface area (Å²) in [4.78, 5) is 29.3. The molecule has 0 radical (unpaired) electrons. The van der Waals surface area contributed by atoms with Crippen LogP contribution in [0.5, 0.6) is 5.75 Å². The van der Waals surface area contributed by atoms with E-state index in [1.54, 1.807) is 38.3 Å². The molecule has 0 aliphatic heterocycles. The largest absolute Gasteiger partial charge is 0.478 e. The number of hydrogen-bond donors (Lipinski definition) is 0. The van der Waals surface area contributed by atoms with Crippen LogP contribution >= 0.6 is 38.5 Å². The van der Waals surface area contributed by atoms with Crippen LogP contribution in [0.2, 0.25) is 0 Å². The van der Waals surface area contributed by atoms with Gasteiger partial charge in [-0.1, -0.05) is 22.9 Å². The molecular formula is C22H21BrIN3O4. The highest BCUT2D eigenvalue weighted by Gasteiger charge is 2.17. The van der Waals surface area contributed by atoms with Gasteiger partial charge in [-0.25, -0.2) is 9.78 Å². The van der Waals surface area contributed by atoms with E-state index < -0.39 is 12.1 Å². The van der Waals surface area contributed by atoms with Crippen LogP contribution in [0.1, 0.15) is 32.2 Å². The van der Waals surface area contributed by atoms with Crippen LogP contribution in [-0.2, 0) is 16.0 Å². The molecule has 0 aliphatic rings. The quantitative estimate of drug-likeness (QED) is 0.227. The van der Waals surface area contributed by atoms with Crippen LogP contribution in [0, 0.1) is 3.57 Å². The summed E-state index contributed by atoms with van der Waals surface area (Å²) >= 11 is 5.53. The second-order valence-corrected chi connectivity index (χ2v) is 8.68. The van der Waals surface area contributed by atoms with Gasteiger partial charge in [-0.2, -0.15) is 9.78 Å². The molecule has 0 aliphatic carbocycles. The average molecular weight is 598 g/mol. The number of nitrogens with zero attached hydrogens (tertiary/aromatic N) is 3. The number of hydrogen-bond acceptors (Lipinski definition) is 6. The van der Waals surface area contributed by atoms with Crippen molar-refractivity contribution < 1.29 is 14.3 Å². The van der Waals surface area contributed by atoms with Crippen molar-refractivity contribution in [1.29, 1.82) is 0 Å². The zero-order valence-corrected chi connectivity index (χ0v) is 21.0. The number of rotatable bonds is 7. The number of carbonyl (C=O) groups excluding carboxylic acids is 1. The average Bonchev–Trinajstić information content (AvgIpc) is 2.75. The molecule has 162 valence electrons. The molecule has 0 spiro atoms. The van der Waals surface area contributed by atoms with Crippen molar-refractivity contribution in [1.82, 2.24) is 9.66 Å². The third kappa shape index (κ3) is 5.51. The first-order valence-electron chi connectivity index (χ1n) is 9.72. The van der Waals surface area contributed by atoms with Crippen LogP contribution in [0.25, 0.3) is 10.9 Å². The van der Waals surface area contributed by atoms with E-state index in [1.165, 1.54) is 4.68 Å². The van der Waals surface area contributed by atoms with Gasteiger partial charge in [-0.3, -0.25) is 4.79 Å². The fraction of sp³-hybridized carbons (Fsp3) is 0.273. The van der Waals surface area contributed by atoms with Gasteiger partial charge >= 0.3 is 5.97 Å². The summed E-state index contributed by atoms with van der Waals surface area (Å²) in [6.45, 7) is 5.63. The molecule has 9 heteroatoms. The summed E-state index contributed by atoms with van der Waals surface area (Å²) in [5.74, 6) is 0.738. The van der Waals surface area contributed by atoms with Crippen molar-refractivity contribution >= 4 is 61.6 Å². The number of halogens is 2. The monoisotopic (exact) mass is 597 g/mol. The zero-order valence-electron chi connectivity index (χ0n) is 17.3. The number of esters is 1. The van der Waals surface area contributed by atoms with Gasteiger partial charge in [0.25, 0.3) is 5.56 Å². The minimum Gasteiger partial charge on any atom is -0.478 e. The van der Waals surface area contributed by atoms with E-state index in [9.17, 15) is 9.59 Å². The molecule has 0 bridgehead atoms. The smallest absolute Gasteiger partial charge is 0.347 e. The van der Waals surface area contributed by atoms with Crippen LogP contribution in [-0.4, -0.2) is 34.6 Å². The second-order valence-electron chi connectivity index (χ2n) is 6.61. The van der Waals surface area contributed by atoms with Crippen molar-refractivity contribution in [3.63, 3.8) is 0 Å². The predicted octanol–water partition coefficient (Wildman–Crippen LogP) is 4.54. The lowest BCUT2D eigenvalue weighted by atomic mass is 10.2. The molecule has 1 heterocycles. The Morgan fingerprint density at radius 1 is 1.29 bits per heavy atom. The summed E-state index contributed by atoms with van der Waals surface area (Å²) in [5, 5.41) is 4.89. The third-order valence-electron chi connectivity index (χ3n) is 4.39. The lowest BCUT2D eigenvalue weighted by molar-refractivity contribution is -0.150. The molecule has 1 aromatic heterocycles. The van der Waals surface area contributed by atoms with E-state index in [1.807, 2.05) is 25.1 Å². The Morgan fingerprint density at radius 2 is 2.06 bits per heavy atom. The number of aromatic nitrogens is 2. The highest BCUT2D eigenvalue weighted by molar-refractivity contribution is 14.1. The molecule has 0 N–H and O–H groups in total. The number of carbonyl (C=O) groups is 1. The maximum atomic E-state index is 13.0. The number of ether oxygens (including phenoxy) is 2. The Labute approximate surface area is 201 Å². The summed E-state index contributed by atoms with van der Waals surface area (Å²) in [6, 6.07) is 10.8. The number of aryl methyl sites for hydroxylation is 1. The van der Waals surface area contributed by atoms with Crippen molar-refractivity contribution in [2.24, 2.45) is 5.10 Å². The normalized spacial score (nSPS) is 12.3. The summed E-state index contributed by atoms with van der Waals surface area (Å²) < 4.78 is 13.6. The van der Waals surface area contributed by atoms with Gasteiger partial charge in [0.2, 0.25) is 0 Å². The van der Waals surface area contributed by atoms with E-state index >= 15 is 0 Å². The molecule has 0 fully saturated rings. The lowest BCUT2D eigenvalue weighted by Gasteiger charge is -2.14. The fourth-order valence-electron chi connectivity index (χ4n) is 2.86. The van der Waals surface area contributed by atoms with Gasteiger partial charge in [-0.15, -0.1) is 0 Å². The van der Waals surface area contributed by atoms with Crippen molar-refractivity contribution in [3.8, 4) is 5.75 Å². The predicted molar refractivity (Wildman–Crippen MR) is 132 cm³/mol. The van der Waals surface area contributed by atoms with Gasteiger partial charge in [0.05, 0.1) is 27.3 Å². The van der Waals surface area contributed by atoms with Crippen LogP contribution < -0.4 is 10.3 Å². The van der Waals surface area contributed by atoms with Gasteiger partial charge in [0, 0.05) is 10.9 Å². The first-order chi connectivity index (χ1) is 14.8. The topological polar surface area (TPSA) is 82.8 Å². The Hall–Kier alpha value is -2.27. The van der Waals surface area contributed by atoms with Gasteiger partial charge in [0.15, 0.2) is 6.10 Å². The minimum atomic E-state index is -0.707. The Kier molecular flexibility index (Phi) is 7.82. The Bertz CT molecular complexity index is 1210. The van der Waals surface area contributed by atoms with E-state index in [2.05, 4.69) is 48.6 Å². The molecule has 3 aromatic rings. The lowest BCUT2D eigenvalue weighted by Crippen LogP contribution is -2.26. The highest BCUT2D eigenvalue weighted by atomic mass is 127. The van der Waals surface area contributed by atoms with Crippen LogP contribution in [0.4, 0.5) is 0 Å². The van der Waals surface area contributed by atoms with Gasteiger partial charge < -0.3 is 9.47 Å². The minimum absolute atomic E-state index is 0.225. The fourth-order valence-corrected chi connectivity index (χ4v) is 3.89. The molecule has 31 heavy (non-hydrogen) atoms. The van der Waals surface area contributed by atoms with E-state index in [-0.39, 0.29) is 5.56 Å². The molecule has 0 saturated carbocycles. The zero-order chi connectivity index (χ0) is 22.5. The second kappa shape index (κ2) is 10.4. The summed E-state index contributed by atoms with van der Waals surface area (Å²) in [7, 11) is 0. The van der Waals surface area contributed by atoms with E-state index in [0.29, 0.717) is 35.5 Å². The molecule has 0 unspecified atom stereocenters. The highest BCUT2D eigenvalue weighted by Crippen LogP contribution is 2.23. The summed E-state index contributed by atoms with van der Waals surface area (Å²) in [5.41, 5.74) is 1.20. The molecule has 7 nitrogen and oxygen atoms in total. The van der Waals surface area contributed by atoms with Crippen molar-refractivity contribution in [3.05, 3.63) is 66.2 Å². The molecule has 0 saturated heterocycles. The molecule has 1 atom stereocenters. The molecular weight excluding hydrogens is 577 g/mol. The Morgan fingerprint density at radius 3 is 2.74 bits per heavy atom. The summed E-state index contributed by atoms with van der Waals surface area (Å²) in [6.07, 6.45) is 1.46. The first kappa shape index (κ1) is 23.4. The molecule has 0 amide bonds. The number of benzene rings is 2. The van der Waals surface area contributed by atoms with Crippen molar-refractivity contribution in [2.45, 2.75) is 33.3 Å². The van der Waals surface area contributed by atoms with E-state index in [0.717, 1.165) is 13.6 Å². The Balaban J connectivity index is 1.89. The van der Waals surface area contributed by atoms with Crippen molar-refractivity contribution in [2.75, 3.05) is 6.61 Å². The SMILES string of the molecule is CCOC(=O)[C@H](C)Oc1ccc(C=Nn2c(CC)nc3ccc(Br)cc3c2=O)cc1I. The maximum Gasteiger partial charge on any atom is 0.347 e. The van der Waals surface area contributed by atoms with Crippen LogP contribution in [0.3, 0.4) is 0 Å². The molecule has 3 rings (SSSR count). The van der Waals surface area contributed by atoms with Crippen LogP contribution in [0.15, 0.2) is 50.8 Å². The first-order valence-corrected chi connectivity index (χ1v) is 11.6. The maximum absolute atomic E-state index is 13.0. The standard InChI is InChI=1S/C22H21BrIN3O4/c1-4-20-26-18-8-7-15(23)11-16(18)21(28)27(20)25-12-14-6-9-19(17(24)10-14)31-13(3)22(29)30-5-2/h6-13H,4-5H2,1-3H3/t13-/m0/s1. The molecule has 2 aromatic carbocycles. The van der Waals surface area contributed by atoms with Gasteiger partial charge in [0.1, 0.15) is 11.6 Å².